The molecule has 0 saturated heterocycles. The molecular formula is C19H30N2O. The van der Waals surface area contributed by atoms with Gasteiger partial charge >= 0.3 is 0 Å². The molecule has 1 saturated carbocycles. The van der Waals surface area contributed by atoms with Crippen molar-refractivity contribution in [2.75, 3.05) is 19.7 Å². The maximum atomic E-state index is 5.88. The molecule has 3 rings (SSSR count). The van der Waals surface area contributed by atoms with Crippen molar-refractivity contribution < 1.29 is 4.74 Å². The van der Waals surface area contributed by atoms with Gasteiger partial charge in [-0.05, 0) is 47.8 Å². The number of ether oxygens (including phenoxy) is 1. The van der Waals surface area contributed by atoms with Crippen LogP contribution in [0.25, 0.3) is 0 Å². The average molecular weight is 302 g/mol. The number of pyridine rings is 1. The summed E-state index contributed by atoms with van der Waals surface area (Å²) in [6.45, 7) is 9.78. The lowest BCUT2D eigenvalue weighted by Gasteiger charge is -2.32. The van der Waals surface area contributed by atoms with E-state index in [0.717, 1.165) is 38.0 Å². The zero-order valence-electron chi connectivity index (χ0n) is 14.2. The van der Waals surface area contributed by atoms with Crippen LogP contribution < -0.4 is 0 Å². The Balaban J connectivity index is 1.59. The number of rotatable bonds is 8. The largest absolute Gasteiger partial charge is 0.376 e. The molecule has 22 heavy (non-hydrogen) atoms. The van der Waals surface area contributed by atoms with Crippen LogP contribution >= 0.6 is 0 Å². The van der Waals surface area contributed by atoms with Gasteiger partial charge in [0.1, 0.15) is 0 Å². The van der Waals surface area contributed by atoms with Gasteiger partial charge in [0.2, 0.25) is 0 Å². The molecule has 1 aliphatic heterocycles. The molecule has 0 amide bonds. The third-order valence-electron chi connectivity index (χ3n) is 5.29. The summed E-state index contributed by atoms with van der Waals surface area (Å²) in [5.74, 6) is 1.67. The van der Waals surface area contributed by atoms with Crippen LogP contribution in [0, 0.1) is 11.8 Å². The molecule has 1 aromatic heterocycles. The second-order valence-electron chi connectivity index (χ2n) is 7.06. The summed E-state index contributed by atoms with van der Waals surface area (Å²) in [7, 11) is 0. The second-order valence-corrected chi connectivity index (χ2v) is 7.06. The van der Waals surface area contributed by atoms with Gasteiger partial charge in [0, 0.05) is 38.6 Å². The summed E-state index contributed by atoms with van der Waals surface area (Å²) in [5.41, 5.74) is 4.25. The topological polar surface area (TPSA) is 25.4 Å². The zero-order chi connectivity index (χ0) is 15.4. The van der Waals surface area contributed by atoms with Crippen molar-refractivity contribution in [2.24, 2.45) is 11.8 Å². The van der Waals surface area contributed by atoms with Crippen molar-refractivity contribution >= 4 is 0 Å². The van der Waals surface area contributed by atoms with E-state index >= 15 is 0 Å². The predicted molar refractivity (Wildman–Crippen MR) is 89.7 cm³/mol. The van der Waals surface area contributed by atoms with Gasteiger partial charge in [-0.25, -0.2) is 0 Å². The highest BCUT2D eigenvalue weighted by atomic mass is 16.5. The Hall–Kier alpha value is -0.930. The second kappa shape index (κ2) is 7.56. The van der Waals surface area contributed by atoms with E-state index in [4.69, 9.17) is 4.74 Å². The van der Waals surface area contributed by atoms with E-state index in [1.807, 2.05) is 6.20 Å². The third kappa shape index (κ3) is 4.08. The number of hydrogen-bond acceptors (Lipinski definition) is 3. The Morgan fingerprint density at radius 2 is 2.09 bits per heavy atom. The number of aromatic nitrogens is 1. The Bertz CT molecular complexity index is 480. The van der Waals surface area contributed by atoms with Gasteiger partial charge in [0.05, 0.1) is 6.61 Å². The van der Waals surface area contributed by atoms with Crippen LogP contribution in [-0.2, 0) is 24.3 Å². The minimum absolute atomic E-state index is 0.749. The molecule has 1 aromatic rings. The normalized spacial score (nSPS) is 18.7. The van der Waals surface area contributed by atoms with Crippen LogP contribution in [0.5, 0.6) is 0 Å². The molecule has 1 fully saturated rings. The van der Waals surface area contributed by atoms with Gasteiger partial charge < -0.3 is 4.74 Å². The first-order chi connectivity index (χ1) is 10.8. The Labute approximate surface area is 135 Å². The molecule has 122 valence electrons. The SMILES string of the molecule is CCC(CC)CN1CCc2c(COCC3CC3)cncc2C1. The smallest absolute Gasteiger partial charge is 0.0734 e. The van der Waals surface area contributed by atoms with Crippen molar-refractivity contribution in [2.45, 2.75) is 59.1 Å². The lowest BCUT2D eigenvalue weighted by Crippen LogP contribution is -2.35. The first-order valence-electron chi connectivity index (χ1n) is 9.04. The van der Waals surface area contributed by atoms with Crippen molar-refractivity contribution in [1.29, 1.82) is 0 Å². The summed E-state index contributed by atoms with van der Waals surface area (Å²) in [6, 6.07) is 0. The van der Waals surface area contributed by atoms with E-state index in [2.05, 4.69) is 29.9 Å². The highest BCUT2D eigenvalue weighted by Crippen LogP contribution is 2.29. The van der Waals surface area contributed by atoms with Gasteiger partial charge in [0.15, 0.2) is 0 Å². The number of hydrogen-bond donors (Lipinski definition) is 0. The van der Waals surface area contributed by atoms with Crippen LogP contribution in [0.3, 0.4) is 0 Å². The first-order valence-corrected chi connectivity index (χ1v) is 9.04. The van der Waals surface area contributed by atoms with Crippen LogP contribution in [0.2, 0.25) is 0 Å². The first kappa shape index (κ1) is 15.9. The van der Waals surface area contributed by atoms with Gasteiger partial charge in [-0.1, -0.05) is 26.7 Å². The summed E-state index contributed by atoms with van der Waals surface area (Å²) in [4.78, 5) is 7.07. The Morgan fingerprint density at radius 1 is 1.27 bits per heavy atom. The van der Waals surface area contributed by atoms with E-state index in [9.17, 15) is 0 Å². The summed E-state index contributed by atoms with van der Waals surface area (Å²) < 4.78 is 5.88. The van der Waals surface area contributed by atoms with E-state index in [1.54, 1.807) is 0 Å². The maximum Gasteiger partial charge on any atom is 0.0734 e. The van der Waals surface area contributed by atoms with Gasteiger partial charge in [-0.15, -0.1) is 0 Å². The lowest BCUT2D eigenvalue weighted by molar-refractivity contribution is 0.109. The molecule has 3 heteroatoms. The minimum atomic E-state index is 0.749. The van der Waals surface area contributed by atoms with Crippen LogP contribution in [0.4, 0.5) is 0 Å². The molecule has 2 heterocycles. The fourth-order valence-electron chi connectivity index (χ4n) is 3.44. The lowest BCUT2D eigenvalue weighted by atomic mass is 9.95. The van der Waals surface area contributed by atoms with E-state index in [1.165, 1.54) is 55.5 Å². The Kier molecular flexibility index (Phi) is 5.48. The fraction of sp³-hybridized carbons (Fsp3) is 0.737. The van der Waals surface area contributed by atoms with Crippen molar-refractivity contribution in [3.63, 3.8) is 0 Å². The van der Waals surface area contributed by atoms with Crippen molar-refractivity contribution in [3.05, 3.63) is 29.1 Å². The van der Waals surface area contributed by atoms with Crippen LogP contribution in [-0.4, -0.2) is 29.6 Å². The van der Waals surface area contributed by atoms with E-state index < -0.39 is 0 Å². The average Bonchev–Trinajstić information content (AvgIpc) is 3.37. The molecule has 0 atom stereocenters. The molecule has 0 N–H and O–H groups in total. The molecule has 0 aromatic carbocycles. The molecule has 2 aliphatic rings. The quantitative estimate of drug-likeness (QED) is 0.730. The molecule has 0 radical (unpaired) electrons. The standard InChI is InChI=1S/C19H30N2O/c1-3-15(4-2)11-21-8-7-19-17(12-21)9-20-10-18(19)14-22-13-16-5-6-16/h9-10,15-16H,3-8,11-14H2,1-2H3. The highest BCUT2D eigenvalue weighted by Gasteiger charge is 2.23. The zero-order valence-corrected chi connectivity index (χ0v) is 14.2. The summed E-state index contributed by atoms with van der Waals surface area (Å²) >= 11 is 0. The van der Waals surface area contributed by atoms with Crippen LogP contribution in [0.15, 0.2) is 12.4 Å². The number of fused-ring (bicyclic) bond motifs is 1. The van der Waals surface area contributed by atoms with E-state index in [0.29, 0.717) is 0 Å². The molecular weight excluding hydrogens is 272 g/mol. The van der Waals surface area contributed by atoms with Gasteiger partial charge in [-0.2, -0.15) is 0 Å². The minimum Gasteiger partial charge on any atom is -0.376 e. The molecule has 1 aliphatic carbocycles. The van der Waals surface area contributed by atoms with E-state index in [-0.39, 0.29) is 0 Å². The molecule has 0 bridgehead atoms. The molecule has 3 nitrogen and oxygen atoms in total. The number of nitrogens with zero attached hydrogens (tertiary/aromatic N) is 2. The van der Waals surface area contributed by atoms with Crippen molar-refractivity contribution in [3.8, 4) is 0 Å². The molecule has 0 spiro atoms. The van der Waals surface area contributed by atoms with Gasteiger partial charge in [-0.3, -0.25) is 9.88 Å². The summed E-state index contributed by atoms with van der Waals surface area (Å²) in [5, 5.41) is 0. The predicted octanol–water partition coefficient (Wildman–Crippen LogP) is 3.80. The van der Waals surface area contributed by atoms with Gasteiger partial charge in [0.25, 0.3) is 0 Å². The Morgan fingerprint density at radius 3 is 2.82 bits per heavy atom. The maximum absolute atomic E-state index is 5.88. The van der Waals surface area contributed by atoms with Crippen LogP contribution in [0.1, 0.15) is 56.2 Å². The highest BCUT2D eigenvalue weighted by molar-refractivity contribution is 5.33. The summed E-state index contributed by atoms with van der Waals surface area (Å²) in [6.07, 6.45) is 10.5. The third-order valence-corrected chi connectivity index (χ3v) is 5.29. The van der Waals surface area contributed by atoms with Crippen molar-refractivity contribution in [1.82, 2.24) is 9.88 Å². The monoisotopic (exact) mass is 302 g/mol. The fourth-order valence-corrected chi connectivity index (χ4v) is 3.44. The molecule has 0 unspecified atom stereocenters.